The first-order valence-electron chi connectivity index (χ1n) is 10.6. The molecule has 160 valence electrons. The van der Waals surface area contributed by atoms with Crippen LogP contribution in [0.1, 0.15) is 46.5 Å². The highest BCUT2D eigenvalue weighted by Gasteiger charge is 2.40. The van der Waals surface area contributed by atoms with Gasteiger partial charge >= 0.3 is 6.09 Å². The van der Waals surface area contributed by atoms with Crippen LogP contribution in [0, 0.1) is 0 Å². The summed E-state index contributed by atoms with van der Waals surface area (Å²) < 4.78 is 5.47. The number of thioether (sulfide) groups is 1. The van der Waals surface area contributed by atoms with Crippen LogP contribution in [-0.2, 0) is 4.74 Å². The van der Waals surface area contributed by atoms with Gasteiger partial charge in [-0.25, -0.2) is 4.79 Å². The van der Waals surface area contributed by atoms with Crippen LogP contribution in [0.15, 0.2) is 4.99 Å². The second-order valence-corrected chi connectivity index (χ2v) is 10.4. The van der Waals surface area contributed by atoms with Crippen LogP contribution in [0.25, 0.3) is 0 Å². The van der Waals surface area contributed by atoms with Gasteiger partial charge in [-0.15, -0.1) is 0 Å². The van der Waals surface area contributed by atoms with Crippen molar-refractivity contribution in [2.24, 2.45) is 10.7 Å². The van der Waals surface area contributed by atoms with Gasteiger partial charge in [-0.1, -0.05) is 12.8 Å². The van der Waals surface area contributed by atoms with E-state index in [1.54, 1.807) is 4.90 Å². The molecule has 7 nitrogen and oxygen atoms in total. The highest BCUT2D eigenvalue weighted by molar-refractivity contribution is 7.99. The van der Waals surface area contributed by atoms with Crippen molar-refractivity contribution < 1.29 is 9.53 Å². The summed E-state index contributed by atoms with van der Waals surface area (Å²) in [5.41, 5.74) is 6.11. The van der Waals surface area contributed by atoms with E-state index in [2.05, 4.69) is 21.6 Å². The maximum Gasteiger partial charge on any atom is 0.410 e. The molecule has 28 heavy (non-hydrogen) atoms. The number of carbonyl (C=O) groups excluding carboxylic acids is 1. The molecule has 2 aliphatic heterocycles. The Kier molecular flexibility index (Phi) is 7.02. The minimum Gasteiger partial charge on any atom is -0.444 e. The molecule has 0 aromatic rings. The third kappa shape index (κ3) is 5.47. The standard InChI is InChI=1S/C20H37N5O2S/c1-19(2,3)27-18(26)24-10-8-23(9-11-24)17(21)22-16-20(6-4-5-7-20)25-12-14-28-15-13-25/h4-16H2,1-3H3,(H2,21,22). The molecule has 2 heterocycles. The summed E-state index contributed by atoms with van der Waals surface area (Å²) in [5.74, 6) is 3.09. The van der Waals surface area contributed by atoms with Crippen LogP contribution in [0.3, 0.4) is 0 Å². The number of hydrogen-bond donors (Lipinski definition) is 1. The number of amides is 1. The van der Waals surface area contributed by atoms with E-state index in [9.17, 15) is 4.79 Å². The second kappa shape index (κ2) is 9.11. The van der Waals surface area contributed by atoms with E-state index in [-0.39, 0.29) is 11.6 Å². The molecule has 3 aliphatic rings. The lowest BCUT2D eigenvalue weighted by Gasteiger charge is -2.43. The topological polar surface area (TPSA) is 74.4 Å². The van der Waals surface area contributed by atoms with E-state index in [0.717, 1.165) is 6.54 Å². The molecule has 0 spiro atoms. The number of carbonyl (C=O) groups is 1. The summed E-state index contributed by atoms with van der Waals surface area (Å²) in [6, 6.07) is 0. The van der Waals surface area contributed by atoms with Gasteiger partial charge in [0.2, 0.25) is 0 Å². The number of hydrogen-bond acceptors (Lipinski definition) is 5. The number of rotatable bonds is 3. The number of nitrogens with zero attached hydrogens (tertiary/aromatic N) is 4. The fourth-order valence-electron chi connectivity index (χ4n) is 4.42. The van der Waals surface area contributed by atoms with Gasteiger partial charge in [0, 0.05) is 56.3 Å². The molecular formula is C20H37N5O2S. The molecule has 0 bridgehead atoms. The van der Waals surface area contributed by atoms with Crippen molar-refractivity contribution in [2.45, 2.75) is 57.6 Å². The zero-order valence-electron chi connectivity index (χ0n) is 17.8. The Morgan fingerprint density at radius 2 is 1.61 bits per heavy atom. The summed E-state index contributed by atoms with van der Waals surface area (Å²) in [6.45, 7) is 11.5. The van der Waals surface area contributed by atoms with E-state index in [4.69, 9.17) is 15.5 Å². The zero-order chi connectivity index (χ0) is 20.2. The third-order valence-electron chi connectivity index (χ3n) is 6.01. The summed E-state index contributed by atoms with van der Waals surface area (Å²) in [5, 5.41) is 0. The average Bonchev–Trinajstić information content (AvgIpc) is 3.16. The Labute approximate surface area is 174 Å². The first kappa shape index (κ1) is 21.6. The third-order valence-corrected chi connectivity index (χ3v) is 6.95. The molecule has 3 rings (SSSR count). The largest absolute Gasteiger partial charge is 0.444 e. The van der Waals surface area contributed by atoms with Crippen LogP contribution < -0.4 is 5.73 Å². The Bertz CT molecular complexity index is 557. The van der Waals surface area contributed by atoms with Gasteiger partial charge in [-0.05, 0) is 33.6 Å². The maximum absolute atomic E-state index is 12.2. The normalized spacial score (nSPS) is 24.5. The summed E-state index contributed by atoms with van der Waals surface area (Å²) in [4.78, 5) is 23.6. The van der Waals surface area contributed by atoms with Crippen molar-refractivity contribution >= 4 is 23.8 Å². The summed E-state index contributed by atoms with van der Waals surface area (Å²) >= 11 is 2.06. The molecule has 1 amide bonds. The fraction of sp³-hybridized carbons (Fsp3) is 0.900. The van der Waals surface area contributed by atoms with Gasteiger partial charge in [0.1, 0.15) is 5.60 Å². The molecule has 1 saturated carbocycles. The van der Waals surface area contributed by atoms with Gasteiger partial charge in [-0.2, -0.15) is 11.8 Å². The number of ether oxygens (including phenoxy) is 1. The fourth-order valence-corrected chi connectivity index (χ4v) is 5.32. The molecule has 0 radical (unpaired) electrons. The molecule has 8 heteroatoms. The van der Waals surface area contributed by atoms with Crippen LogP contribution in [-0.4, -0.2) is 95.2 Å². The van der Waals surface area contributed by atoms with E-state index in [1.165, 1.54) is 50.3 Å². The van der Waals surface area contributed by atoms with E-state index >= 15 is 0 Å². The monoisotopic (exact) mass is 411 g/mol. The van der Waals surface area contributed by atoms with Crippen LogP contribution in [0.2, 0.25) is 0 Å². The zero-order valence-corrected chi connectivity index (χ0v) is 18.6. The molecule has 1 aliphatic carbocycles. The smallest absolute Gasteiger partial charge is 0.410 e. The van der Waals surface area contributed by atoms with Gasteiger partial charge in [0.25, 0.3) is 0 Å². The SMILES string of the molecule is CC(C)(C)OC(=O)N1CCN(C(N)=NCC2(N3CCSCC3)CCCC2)CC1. The lowest BCUT2D eigenvalue weighted by atomic mass is 9.95. The lowest BCUT2D eigenvalue weighted by molar-refractivity contribution is 0.0186. The van der Waals surface area contributed by atoms with Crippen molar-refractivity contribution in [3.05, 3.63) is 0 Å². The Hall–Kier alpha value is -1.15. The van der Waals surface area contributed by atoms with Crippen molar-refractivity contribution in [3.63, 3.8) is 0 Å². The van der Waals surface area contributed by atoms with E-state index < -0.39 is 5.60 Å². The van der Waals surface area contributed by atoms with Gasteiger partial charge in [0.15, 0.2) is 5.96 Å². The van der Waals surface area contributed by atoms with Crippen molar-refractivity contribution in [2.75, 3.05) is 57.3 Å². The van der Waals surface area contributed by atoms with E-state index in [0.29, 0.717) is 32.1 Å². The number of nitrogens with two attached hydrogens (primary N) is 1. The van der Waals surface area contributed by atoms with Crippen LogP contribution in [0.5, 0.6) is 0 Å². The molecular weight excluding hydrogens is 374 g/mol. The Morgan fingerprint density at radius 3 is 2.18 bits per heavy atom. The van der Waals surface area contributed by atoms with Crippen LogP contribution >= 0.6 is 11.8 Å². The first-order valence-corrected chi connectivity index (χ1v) is 11.8. The summed E-state index contributed by atoms with van der Waals surface area (Å²) in [7, 11) is 0. The quantitative estimate of drug-likeness (QED) is 0.567. The maximum atomic E-state index is 12.2. The van der Waals surface area contributed by atoms with Gasteiger partial charge < -0.3 is 20.3 Å². The Morgan fingerprint density at radius 1 is 1.04 bits per heavy atom. The molecule has 0 aromatic heterocycles. The molecule has 2 N–H and O–H groups in total. The lowest BCUT2D eigenvalue weighted by Crippen LogP contribution is -2.55. The summed E-state index contributed by atoms with van der Waals surface area (Å²) in [6.07, 6.45) is 4.83. The minimum absolute atomic E-state index is 0.212. The molecule has 3 fully saturated rings. The molecule has 0 unspecified atom stereocenters. The predicted octanol–water partition coefficient (Wildman–Crippen LogP) is 2.22. The van der Waals surface area contributed by atoms with Gasteiger partial charge in [-0.3, -0.25) is 9.89 Å². The van der Waals surface area contributed by atoms with Gasteiger partial charge in [0.05, 0.1) is 6.54 Å². The van der Waals surface area contributed by atoms with Crippen molar-refractivity contribution in [1.82, 2.24) is 14.7 Å². The Balaban J connectivity index is 1.53. The highest BCUT2D eigenvalue weighted by Crippen LogP contribution is 2.37. The van der Waals surface area contributed by atoms with Crippen molar-refractivity contribution in [1.29, 1.82) is 0 Å². The molecule has 0 aromatic carbocycles. The van der Waals surface area contributed by atoms with Crippen LogP contribution in [0.4, 0.5) is 4.79 Å². The van der Waals surface area contributed by atoms with E-state index in [1.807, 2.05) is 20.8 Å². The predicted molar refractivity (Wildman–Crippen MR) is 116 cm³/mol. The number of aliphatic imine (C=N–C) groups is 1. The number of piperazine rings is 1. The molecule has 0 atom stereocenters. The first-order chi connectivity index (χ1) is 13.3. The molecule has 2 saturated heterocycles. The number of guanidine groups is 1. The minimum atomic E-state index is -0.461. The second-order valence-electron chi connectivity index (χ2n) is 9.16. The highest BCUT2D eigenvalue weighted by atomic mass is 32.2. The van der Waals surface area contributed by atoms with Crippen molar-refractivity contribution in [3.8, 4) is 0 Å². The average molecular weight is 412 g/mol.